The van der Waals surface area contributed by atoms with Gasteiger partial charge in [-0.1, -0.05) is 19.9 Å². The van der Waals surface area contributed by atoms with Gasteiger partial charge in [-0.25, -0.2) is 4.98 Å². The lowest BCUT2D eigenvalue weighted by Gasteiger charge is -2.31. The average molecular weight is 249 g/mol. The third-order valence-electron chi connectivity index (χ3n) is 3.00. The Hall–Kier alpha value is -1.09. The van der Waals surface area contributed by atoms with E-state index >= 15 is 0 Å². The van der Waals surface area contributed by atoms with Crippen LogP contribution in [0.25, 0.3) is 0 Å². The first-order valence-electron chi connectivity index (χ1n) is 6.88. The Morgan fingerprint density at radius 2 is 1.94 bits per heavy atom. The minimum Gasteiger partial charge on any atom is -0.354 e. The Labute approximate surface area is 111 Å². The van der Waals surface area contributed by atoms with Crippen molar-refractivity contribution in [1.82, 2.24) is 4.98 Å². The summed E-state index contributed by atoms with van der Waals surface area (Å²) in [5.41, 5.74) is 8.06. The molecule has 3 heteroatoms. The van der Waals surface area contributed by atoms with Gasteiger partial charge >= 0.3 is 0 Å². The fraction of sp³-hybridized carbons (Fsp3) is 0.667. The summed E-state index contributed by atoms with van der Waals surface area (Å²) in [6, 6.07) is 2.68. The van der Waals surface area contributed by atoms with Gasteiger partial charge in [-0.15, -0.1) is 0 Å². The molecule has 2 N–H and O–H groups in total. The van der Waals surface area contributed by atoms with Crippen molar-refractivity contribution < 1.29 is 0 Å². The van der Waals surface area contributed by atoms with E-state index in [9.17, 15) is 0 Å². The summed E-state index contributed by atoms with van der Waals surface area (Å²) in [6.07, 6.45) is 2.87. The van der Waals surface area contributed by atoms with E-state index in [2.05, 4.69) is 50.6 Å². The number of anilines is 1. The topological polar surface area (TPSA) is 42.1 Å². The summed E-state index contributed by atoms with van der Waals surface area (Å²) in [5.74, 6) is 1.75. The third-order valence-corrected chi connectivity index (χ3v) is 3.00. The van der Waals surface area contributed by atoms with Crippen molar-refractivity contribution in [3.63, 3.8) is 0 Å². The number of aryl methyl sites for hydroxylation is 1. The van der Waals surface area contributed by atoms with E-state index in [1.807, 2.05) is 6.20 Å². The fourth-order valence-electron chi connectivity index (χ4n) is 2.17. The van der Waals surface area contributed by atoms with Crippen LogP contribution in [0.15, 0.2) is 12.3 Å². The van der Waals surface area contributed by atoms with Crippen LogP contribution in [-0.2, 0) is 6.42 Å². The van der Waals surface area contributed by atoms with Gasteiger partial charge in [0.05, 0.1) is 0 Å². The monoisotopic (exact) mass is 249 g/mol. The minimum absolute atomic E-state index is 0.471. The number of nitrogens with zero attached hydrogens (tertiary/aromatic N) is 2. The van der Waals surface area contributed by atoms with Gasteiger partial charge in [0, 0.05) is 18.8 Å². The van der Waals surface area contributed by atoms with E-state index in [-0.39, 0.29) is 0 Å². The number of aromatic nitrogens is 1. The lowest BCUT2D eigenvalue weighted by Crippen LogP contribution is -2.35. The average Bonchev–Trinajstić information content (AvgIpc) is 2.26. The highest BCUT2D eigenvalue weighted by Gasteiger charge is 2.15. The number of hydrogen-bond donors (Lipinski definition) is 1. The Balaban J connectivity index is 2.98. The summed E-state index contributed by atoms with van der Waals surface area (Å²) >= 11 is 0. The zero-order valence-corrected chi connectivity index (χ0v) is 12.4. The number of nitrogens with two attached hydrogens (primary N) is 1. The summed E-state index contributed by atoms with van der Waals surface area (Å²) in [6.45, 7) is 12.8. The Morgan fingerprint density at radius 1 is 1.28 bits per heavy atom. The first kappa shape index (κ1) is 15.0. The quantitative estimate of drug-likeness (QED) is 0.843. The second-order valence-electron chi connectivity index (χ2n) is 5.66. The molecule has 1 aromatic heterocycles. The summed E-state index contributed by atoms with van der Waals surface area (Å²) in [4.78, 5) is 7.02. The van der Waals surface area contributed by atoms with Gasteiger partial charge in [0.2, 0.25) is 0 Å². The second-order valence-corrected chi connectivity index (χ2v) is 5.66. The number of rotatable bonds is 6. The predicted octanol–water partition coefficient (Wildman–Crippen LogP) is 2.76. The van der Waals surface area contributed by atoms with Gasteiger partial charge in [-0.3, -0.25) is 0 Å². The van der Waals surface area contributed by atoms with Crippen molar-refractivity contribution in [3.8, 4) is 0 Å². The SMILES string of the molecule is Cc1cc(CCN)cnc1N(CC(C)C)C(C)C. The molecule has 1 rings (SSSR count). The molecule has 1 aromatic rings. The van der Waals surface area contributed by atoms with Crippen LogP contribution in [0, 0.1) is 12.8 Å². The van der Waals surface area contributed by atoms with E-state index in [0.717, 1.165) is 18.8 Å². The lowest BCUT2D eigenvalue weighted by molar-refractivity contribution is 0.565. The first-order valence-corrected chi connectivity index (χ1v) is 6.88. The van der Waals surface area contributed by atoms with Crippen LogP contribution in [0.2, 0.25) is 0 Å². The summed E-state index contributed by atoms with van der Waals surface area (Å²) in [7, 11) is 0. The Bertz CT molecular complexity index is 372. The van der Waals surface area contributed by atoms with Crippen LogP contribution in [-0.4, -0.2) is 24.1 Å². The molecule has 0 fully saturated rings. The molecule has 0 unspecified atom stereocenters. The molecule has 0 radical (unpaired) electrons. The molecule has 18 heavy (non-hydrogen) atoms. The molecule has 0 saturated carbocycles. The molecule has 0 aromatic carbocycles. The normalized spacial score (nSPS) is 11.3. The van der Waals surface area contributed by atoms with Gasteiger partial charge in [-0.05, 0) is 50.8 Å². The molecule has 0 spiro atoms. The van der Waals surface area contributed by atoms with Crippen molar-refractivity contribution in [3.05, 3.63) is 23.4 Å². The van der Waals surface area contributed by atoms with E-state index in [1.165, 1.54) is 11.1 Å². The van der Waals surface area contributed by atoms with Crippen LogP contribution >= 0.6 is 0 Å². The summed E-state index contributed by atoms with van der Waals surface area (Å²) < 4.78 is 0. The van der Waals surface area contributed by atoms with Gasteiger partial charge in [-0.2, -0.15) is 0 Å². The number of hydrogen-bond acceptors (Lipinski definition) is 3. The maximum Gasteiger partial charge on any atom is 0.131 e. The highest BCUT2D eigenvalue weighted by molar-refractivity contribution is 5.48. The van der Waals surface area contributed by atoms with Crippen LogP contribution < -0.4 is 10.6 Å². The molecule has 0 aliphatic heterocycles. The van der Waals surface area contributed by atoms with Crippen molar-refractivity contribution in [2.45, 2.75) is 47.1 Å². The van der Waals surface area contributed by atoms with Crippen LogP contribution in [0.5, 0.6) is 0 Å². The van der Waals surface area contributed by atoms with Crippen LogP contribution in [0.4, 0.5) is 5.82 Å². The fourth-order valence-corrected chi connectivity index (χ4v) is 2.17. The molecule has 0 amide bonds. The molecule has 0 aliphatic carbocycles. The molecule has 102 valence electrons. The van der Waals surface area contributed by atoms with Crippen molar-refractivity contribution in [1.29, 1.82) is 0 Å². The highest BCUT2D eigenvalue weighted by atomic mass is 15.2. The molecule has 0 aliphatic rings. The molecular formula is C15H27N3. The third kappa shape index (κ3) is 3.98. The molecule has 1 heterocycles. The van der Waals surface area contributed by atoms with Gasteiger partial charge in [0.1, 0.15) is 5.82 Å². The van der Waals surface area contributed by atoms with Crippen molar-refractivity contribution in [2.24, 2.45) is 11.7 Å². The van der Waals surface area contributed by atoms with Crippen LogP contribution in [0.3, 0.4) is 0 Å². The maximum atomic E-state index is 5.58. The predicted molar refractivity (Wildman–Crippen MR) is 79.1 cm³/mol. The van der Waals surface area contributed by atoms with Gasteiger partial charge in [0.25, 0.3) is 0 Å². The number of pyridine rings is 1. The minimum atomic E-state index is 0.471. The second kappa shape index (κ2) is 6.74. The summed E-state index contributed by atoms with van der Waals surface area (Å²) in [5, 5.41) is 0. The smallest absolute Gasteiger partial charge is 0.131 e. The Morgan fingerprint density at radius 3 is 2.39 bits per heavy atom. The standard InChI is InChI=1S/C15H27N3/c1-11(2)10-18(12(3)4)15-13(5)8-14(6-7-16)9-17-15/h8-9,11-12H,6-7,10,16H2,1-5H3. The van der Waals surface area contributed by atoms with E-state index in [4.69, 9.17) is 5.73 Å². The zero-order chi connectivity index (χ0) is 13.7. The van der Waals surface area contributed by atoms with E-state index in [0.29, 0.717) is 18.5 Å². The molecular weight excluding hydrogens is 222 g/mol. The largest absolute Gasteiger partial charge is 0.354 e. The first-order chi connectivity index (χ1) is 8.45. The molecule has 0 saturated heterocycles. The van der Waals surface area contributed by atoms with E-state index < -0.39 is 0 Å². The van der Waals surface area contributed by atoms with Gasteiger partial charge in [0.15, 0.2) is 0 Å². The molecule has 0 atom stereocenters. The van der Waals surface area contributed by atoms with Crippen LogP contribution in [0.1, 0.15) is 38.8 Å². The highest BCUT2D eigenvalue weighted by Crippen LogP contribution is 2.21. The maximum absolute atomic E-state index is 5.58. The Kier molecular flexibility index (Phi) is 5.60. The zero-order valence-electron chi connectivity index (χ0n) is 12.4. The van der Waals surface area contributed by atoms with E-state index in [1.54, 1.807) is 0 Å². The van der Waals surface area contributed by atoms with Crippen molar-refractivity contribution >= 4 is 5.82 Å². The van der Waals surface area contributed by atoms with Crippen molar-refractivity contribution in [2.75, 3.05) is 18.0 Å². The van der Waals surface area contributed by atoms with Gasteiger partial charge < -0.3 is 10.6 Å². The molecule has 0 bridgehead atoms. The molecule has 3 nitrogen and oxygen atoms in total. The lowest BCUT2D eigenvalue weighted by atomic mass is 10.1.